The number of benzene rings is 2. The summed E-state index contributed by atoms with van der Waals surface area (Å²) in [6.07, 6.45) is 1.65. The number of Topliss-reactive ketones (excluding diaryl/α,β-unsaturated/α-hetero) is 1. The molecule has 6 nitrogen and oxygen atoms in total. The lowest BCUT2D eigenvalue weighted by Gasteiger charge is -2.25. The fraction of sp³-hybridized carbons (Fsp3) is 0.333. The molecule has 0 bridgehead atoms. The molecule has 0 saturated carbocycles. The molecule has 1 atom stereocenters. The van der Waals surface area contributed by atoms with Gasteiger partial charge in [0.2, 0.25) is 0 Å². The maximum atomic E-state index is 13.0. The number of methoxy groups -OCH3 is 2. The van der Waals surface area contributed by atoms with Gasteiger partial charge in [-0.05, 0) is 54.8 Å². The Bertz CT molecular complexity index is 978. The Kier molecular flexibility index (Phi) is 6.45. The summed E-state index contributed by atoms with van der Waals surface area (Å²) in [5, 5.41) is 11.1. The number of hydrogen-bond donors (Lipinski definition) is 1. The monoisotopic (exact) mass is 409 g/mol. The number of nitrogens with zero attached hydrogens (tertiary/aromatic N) is 1. The molecule has 2 aromatic carbocycles. The minimum atomic E-state index is -0.667. The Labute approximate surface area is 176 Å². The van der Waals surface area contributed by atoms with E-state index in [9.17, 15) is 14.7 Å². The summed E-state index contributed by atoms with van der Waals surface area (Å²) < 4.78 is 10.5. The highest BCUT2D eigenvalue weighted by Gasteiger charge is 2.45. The van der Waals surface area contributed by atoms with E-state index in [1.807, 2.05) is 26.0 Å². The van der Waals surface area contributed by atoms with E-state index in [2.05, 4.69) is 0 Å². The highest BCUT2D eigenvalue weighted by atomic mass is 16.5. The largest absolute Gasteiger partial charge is 0.507 e. The Balaban J connectivity index is 2.16. The quantitative estimate of drug-likeness (QED) is 0.421. The standard InChI is InChI=1S/C24H27NO5/c1-5-6-13-25-21(16-7-9-17(29-3)10-8-16)20(23(27)24(25)28)22(26)19-12-11-18(30-4)14-15(19)2/h7-12,14,21,26H,5-6,13H2,1-4H3/b22-20-. The highest BCUT2D eigenvalue weighted by Crippen LogP contribution is 2.40. The average Bonchev–Trinajstić information content (AvgIpc) is 3.01. The summed E-state index contributed by atoms with van der Waals surface area (Å²) in [5.41, 5.74) is 2.11. The van der Waals surface area contributed by atoms with Crippen LogP contribution in [0.2, 0.25) is 0 Å². The van der Waals surface area contributed by atoms with Gasteiger partial charge in [0.25, 0.3) is 11.7 Å². The van der Waals surface area contributed by atoms with Gasteiger partial charge in [-0.15, -0.1) is 0 Å². The normalized spacial score (nSPS) is 18.0. The number of carbonyl (C=O) groups is 2. The molecule has 3 rings (SSSR count). The van der Waals surface area contributed by atoms with E-state index in [0.717, 1.165) is 24.0 Å². The molecule has 0 aliphatic carbocycles. The molecule has 0 aromatic heterocycles. The minimum absolute atomic E-state index is 0.106. The van der Waals surface area contributed by atoms with Crippen molar-refractivity contribution in [2.75, 3.05) is 20.8 Å². The number of hydrogen-bond acceptors (Lipinski definition) is 5. The van der Waals surface area contributed by atoms with E-state index in [4.69, 9.17) is 9.47 Å². The van der Waals surface area contributed by atoms with Crippen LogP contribution in [-0.2, 0) is 9.59 Å². The van der Waals surface area contributed by atoms with Crippen LogP contribution in [0.3, 0.4) is 0 Å². The SMILES string of the molecule is CCCCN1C(=O)C(=O)/C(=C(\O)c2ccc(OC)cc2C)C1c1ccc(OC)cc1. The van der Waals surface area contributed by atoms with Crippen LogP contribution in [-0.4, -0.2) is 42.5 Å². The van der Waals surface area contributed by atoms with Crippen molar-refractivity contribution in [2.24, 2.45) is 0 Å². The molecular weight excluding hydrogens is 382 g/mol. The second kappa shape index (κ2) is 9.03. The molecule has 0 spiro atoms. The maximum absolute atomic E-state index is 13.0. The van der Waals surface area contributed by atoms with Crippen molar-refractivity contribution in [1.29, 1.82) is 0 Å². The molecule has 1 unspecified atom stereocenters. The molecule has 1 fully saturated rings. The Hall–Kier alpha value is -3.28. The van der Waals surface area contributed by atoms with Gasteiger partial charge in [0.15, 0.2) is 0 Å². The third-order valence-electron chi connectivity index (χ3n) is 5.41. The number of likely N-dealkylation sites (tertiary alicyclic amines) is 1. The van der Waals surface area contributed by atoms with Crippen molar-refractivity contribution in [2.45, 2.75) is 32.7 Å². The van der Waals surface area contributed by atoms with Gasteiger partial charge in [-0.25, -0.2) is 0 Å². The molecule has 1 saturated heterocycles. The van der Waals surface area contributed by atoms with Crippen LogP contribution in [0.5, 0.6) is 11.5 Å². The summed E-state index contributed by atoms with van der Waals surface area (Å²) in [5.74, 6) is -0.0978. The Morgan fingerprint density at radius 1 is 1.03 bits per heavy atom. The smallest absolute Gasteiger partial charge is 0.295 e. The lowest BCUT2D eigenvalue weighted by molar-refractivity contribution is -0.139. The van der Waals surface area contributed by atoms with Crippen LogP contribution < -0.4 is 9.47 Å². The summed E-state index contributed by atoms with van der Waals surface area (Å²) in [7, 11) is 3.14. The van der Waals surface area contributed by atoms with Gasteiger partial charge in [0, 0.05) is 12.1 Å². The number of aryl methyl sites for hydroxylation is 1. The average molecular weight is 409 g/mol. The second-order valence-corrected chi connectivity index (χ2v) is 7.30. The predicted octanol–water partition coefficient (Wildman–Crippen LogP) is 4.23. The molecular formula is C24H27NO5. The first kappa shape index (κ1) is 21.4. The summed E-state index contributed by atoms with van der Waals surface area (Å²) >= 11 is 0. The number of unbranched alkanes of at least 4 members (excludes halogenated alkanes) is 1. The first-order chi connectivity index (χ1) is 14.4. The van der Waals surface area contributed by atoms with Gasteiger partial charge in [0.05, 0.1) is 25.8 Å². The Morgan fingerprint density at radius 2 is 1.67 bits per heavy atom. The van der Waals surface area contributed by atoms with E-state index in [1.54, 1.807) is 49.5 Å². The summed E-state index contributed by atoms with van der Waals surface area (Å²) in [6, 6.07) is 11.8. The van der Waals surface area contributed by atoms with Gasteiger partial charge in [-0.2, -0.15) is 0 Å². The number of rotatable bonds is 7. The molecule has 1 N–H and O–H groups in total. The van der Waals surface area contributed by atoms with Gasteiger partial charge in [-0.1, -0.05) is 25.5 Å². The zero-order valence-corrected chi connectivity index (χ0v) is 17.8. The van der Waals surface area contributed by atoms with Crippen LogP contribution in [0.15, 0.2) is 48.0 Å². The van der Waals surface area contributed by atoms with Crippen LogP contribution in [0.1, 0.15) is 42.5 Å². The van der Waals surface area contributed by atoms with E-state index in [0.29, 0.717) is 23.6 Å². The Morgan fingerprint density at radius 3 is 2.23 bits per heavy atom. The molecule has 6 heteroatoms. The lowest BCUT2D eigenvalue weighted by Crippen LogP contribution is -2.30. The van der Waals surface area contributed by atoms with Crippen molar-refractivity contribution in [3.8, 4) is 11.5 Å². The second-order valence-electron chi connectivity index (χ2n) is 7.30. The van der Waals surface area contributed by atoms with Gasteiger partial charge in [0.1, 0.15) is 17.3 Å². The van der Waals surface area contributed by atoms with Gasteiger partial charge >= 0.3 is 0 Å². The fourth-order valence-corrected chi connectivity index (χ4v) is 3.75. The molecule has 1 aliphatic rings. The summed E-state index contributed by atoms with van der Waals surface area (Å²) in [6.45, 7) is 4.29. The molecule has 30 heavy (non-hydrogen) atoms. The first-order valence-corrected chi connectivity index (χ1v) is 10.00. The number of aliphatic hydroxyl groups is 1. The van der Waals surface area contributed by atoms with Gasteiger partial charge < -0.3 is 19.5 Å². The van der Waals surface area contributed by atoms with Crippen LogP contribution in [0.4, 0.5) is 0 Å². The molecule has 158 valence electrons. The third kappa shape index (κ3) is 3.90. The number of aliphatic hydroxyl groups excluding tert-OH is 1. The zero-order chi connectivity index (χ0) is 21.8. The van der Waals surface area contributed by atoms with Crippen LogP contribution in [0.25, 0.3) is 5.76 Å². The molecule has 0 radical (unpaired) electrons. The molecule has 2 aromatic rings. The van der Waals surface area contributed by atoms with Gasteiger partial charge in [-0.3, -0.25) is 9.59 Å². The highest BCUT2D eigenvalue weighted by molar-refractivity contribution is 6.46. The maximum Gasteiger partial charge on any atom is 0.295 e. The lowest BCUT2D eigenvalue weighted by atomic mass is 9.93. The number of ketones is 1. The topological polar surface area (TPSA) is 76.1 Å². The zero-order valence-electron chi connectivity index (χ0n) is 17.8. The molecule has 1 aliphatic heterocycles. The minimum Gasteiger partial charge on any atom is -0.507 e. The number of carbonyl (C=O) groups excluding carboxylic acids is 2. The van der Waals surface area contributed by atoms with E-state index in [-0.39, 0.29) is 11.3 Å². The van der Waals surface area contributed by atoms with Crippen molar-refractivity contribution >= 4 is 17.4 Å². The first-order valence-electron chi connectivity index (χ1n) is 10.00. The van der Waals surface area contributed by atoms with E-state index >= 15 is 0 Å². The van der Waals surface area contributed by atoms with Crippen LogP contribution in [0, 0.1) is 6.92 Å². The predicted molar refractivity (Wildman–Crippen MR) is 115 cm³/mol. The van der Waals surface area contributed by atoms with Crippen molar-refractivity contribution in [3.63, 3.8) is 0 Å². The number of amides is 1. The number of ether oxygens (including phenoxy) is 2. The van der Waals surface area contributed by atoms with Crippen molar-refractivity contribution in [1.82, 2.24) is 4.90 Å². The van der Waals surface area contributed by atoms with E-state index < -0.39 is 17.7 Å². The van der Waals surface area contributed by atoms with E-state index in [1.165, 1.54) is 0 Å². The van der Waals surface area contributed by atoms with Crippen molar-refractivity contribution in [3.05, 3.63) is 64.7 Å². The van der Waals surface area contributed by atoms with Crippen LogP contribution >= 0.6 is 0 Å². The summed E-state index contributed by atoms with van der Waals surface area (Å²) in [4.78, 5) is 27.4. The van der Waals surface area contributed by atoms with Crippen molar-refractivity contribution < 1.29 is 24.2 Å². The fourth-order valence-electron chi connectivity index (χ4n) is 3.75. The molecule has 1 amide bonds. The molecule has 1 heterocycles. The third-order valence-corrected chi connectivity index (χ3v) is 5.41.